The Balaban J connectivity index is 1.26. The topological polar surface area (TPSA) is 84.2 Å². The average Bonchev–Trinajstić information content (AvgIpc) is 3.73. The number of hydrogen-bond donors (Lipinski definition) is 0. The lowest BCUT2D eigenvalue weighted by molar-refractivity contribution is 0.208. The lowest BCUT2D eigenvalue weighted by Gasteiger charge is -2.19. The Morgan fingerprint density at radius 3 is 1.45 bits per heavy atom. The molecule has 2 heterocycles. The number of fused-ring (bicyclic) bond motifs is 2. The Morgan fingerprint density at radius 1 is 0.583 bits per heavy atom. The zero-order valence-electron chi connectivity index (χ0n) is 35.3. The molecule has 8 nitrogen and oxygen atoms in total. The number of rotatable bonds is 24. The standard InChI is InChI=1S/C48H57Br2F2N5O3/c1-5-7-9-11-13-14-16-18-22-32(21-17-15-12-10-8-6-2)31-60-48-38(51)29-35(30-39(48)52)57-55-46-40(49)44-45(41(50)47(46)56-57)54-43(34-24-20-26-37(28-34)59-4)42(53-44)33-23-19-25-36(27-33)58-3/h19-20,23-30,32H,5-18,21-22,31H2,1-4H3. The van der Waals surface area contributed by atoms with Crippen LogP contribution in [0.1, 0.15) is 117 Å². The van der Waals surface area contributed by atoms with Crippen LogP contribution >= 0.6 is 31.9 Å². The van der Waals surface area contributed by atoms with Crippen molar-refractivity contribution in [1.29, 1.82) is 0 Å². The SMILES string of the molecule is CCCCCCCCCCC(CCCCCCCC)COc1c(F)cc(-n2nc3c(Br)c4nc(-c5cccc(OC)c5)c(-c5cccc(OC)c5)nc4c(Br)c3n2)cc1F. The van der Waals surface area contributed by atoms with Crippen molar-refractivity contribution in [3.05, 3.63) is 81.2 Å². The lowest BCUT2D eigenvalue weighted by Crippen LogP contribution is -2.14. The number of unbranched alkanes of at least 4 members (excludes halogenated alkanes) is 12. The Labute approximate surface area is 370 Å². The third kappa shape index (κ3) is 11.4. The molecule has 0 fully saturated rings. The molecule has 1 atom stereocenters. The summed E-state index contributed by atoms with van der Waals surface area (Å²) in [4.78, 5) is 11.5. The van der Waals surface area contributed by atoms with Crippen LogP contribution in [-0.4, -0.2) is 45.8 Å². The predicted octanol–water partition coefficient (Wildman–Crippen LogP) is 14.8. The van der Waals surface area contributed by atoms with Gasteiger partial charge in [-0.1, -0.05) is 128 Å². The maximum Gasteiger partial charge on any atom is 0.190 e. The molecule has 0 bridgehead atoms. The Morgan fingerprint density at radius 2 is 1.02 bits per heavy atom. The minimum Gasteiger partial charge on any atom is -0.497 e. The van der Waals surface area contributed by atoms with Gasteiger partial charge in [0.15, 0.2) is 17.4 Å². The van der Waals surface area contributed by atoms with Gasteiger partial charge >= 0.3 is 0 Å². The van der Waals surface area contributed by atoms with Gasteiger partial charge in [0.2, 0.25) is 0 Å². The number of hydrogen-bond acceptors (Lipinski definition) is 7. The molecule has 0 amide bonds. The second-order valence-corrected chi connectivity index (χ2v) is 17.2. The van der Waals surface area contributed by atoms with E-state index in [1.54, 1.807) is 14.2 Å². The van der Waals surface area contributed by atoms with E-state index in [4.69, 9.17) is 34.4 Å². The monoisotopic (exact) mass is 947 g/mol. The van der Waals surface area contributed by atoms with Gasteiger partial charge in [-0.2, -0.15) is 4.80 Å². The van der Waals surface area contributed by atoms with Crippen LogP contribution in [0.25, 0.3) is 50.3 Å². The van der Waals surface area contributed by atoms with Gasteiger partial charge in [0.1, 0.15) is 33.6 Å². The predicted molar refractivity (Wildman–Crippen MR) is 245 cm³/mol. The summed E-state index contributed by atoms with van der Waals surface area (Å²) in [5, 5.41) is 9.39. The molecular weight excluding hydrogens is 892 g/mol. The molecule has 0 N–H and O–H groups in total. The smallest absolute Gasteiger partial charge is 0.190 e. The van der Waals surface area contributed by atoms with E-state index in [0.29, 0.717) is 53.9 Å². The molecule has 60 heavy (non-hydrogen) atoms. The summed E-state index contributed by atoms with van der Waals surface area (Å²) >= 11 is 7.47. The summed E-state index contributed by atoms with van der Waals surface area (Å²) in [5.74, 6) is -0.369. The van der Waals surface area contributed by atoms with Crippen molar-refractivity contribution < 1.29 is 23.0 Å². The molecule has 0 saturated heterocycles. The maximum atomic E-state index is 15.8. The lowest BCUT2D eigenvalue weighted by atomic mass is 9.94. The largest absolute Gasteiger partial charge is 0.497 e. The van der Waals surface area contributed by atoms with Crippen molar-refractivity contribution in [2.45, 2.75) is 117 Å². The highest BCUT2D eigenvalue weighted by Crippen LogP contribution is 2.41. The molecule has 12 heteroatoms. The second kappa shape index (κ2) is 22.6. The van der Waals surface area contributed by atoms with Gasteiger partial charge in [-0.15, -0.1) is 10.2 Å². The fourth-order valence-corrected chi connectivity index (χ4v) is 8.81. The van der Waals surface area contributed by atoms with Crippen LogP contribution < -0.4 is 14.2 Å². The molecule has 0 radical (unpaired) electrons. The van der Waals surface area contributed by atoms with E-state index in [1.807, 2.05) is 48.5 Å². The number of aromatic nitrogens is 5. The Bertz CT molecular complexity index is 2210. The highest BCUT2D eigenvalue weighted by Gasteiger charge is 2.24. The van der Waals surface area contributed by atoms with Crippen LogP contribution in [-0.2, 0) is 0 Å². The first-order valence-corrected chi connectivity index (χ1v) is 23.2. The summed E-state index contributed by atoms with van der Waals surface area (Å²) in [6, 6.07) is 17.7. The molecule has 0 aliphatic heterocycles. The van der Waals surface area contributed by atoms with Crippen molar-refractivity contribution in [3.8, 4) is 45.5 Å². The van der Waals surface area contributed by atoms with Crippen molar-refractivity contribution in [2.75, 3.05) is 20.8 Å². The zero-order chi connectivity index (χ0) is 42.4. The van der Waals surface area contributed by atoms with E-state index in [0.717, 1.165) is 36.8 Å². The van der Waals surface area contributed by atoms with Crippen LogP contribution in [0.4, 0.5) is 8.78 Å². The quantitative estimate of drug-likeness (QED) is 0.0559. The van der Waals surface area contributed by atoms with E-state index in [1.165, 1.54) is 94.0 Å². The van der Waals surface area contributed by atoms with E-state index in [9.17, 15) is 0 Å². The average molecular weight is 950 g/mol. The molecular formula is C48H57Br2F2N5O3. The molecule has 1 unspecified atom stereocenters. The summed E-state index contributed by atoms with van der Waals surface area (Å²) in [5.41, 5.74) is 4.86. The first kappa shape index (κ1) is 45.4. The fourth-order valence-electron chi connectivity index (χ4n) is 7.72. The summed E-state index contributed by atoms with van der Waals surface area (Å²) in [6.45, 7) is 4.75. The second-order valence-electron chi connectivity index (χ2n) is 15.6. The van der Waals surface area contributed by atoms with E-state index in [2.05, 4.69) is 45.7 Å². The molecule has 6 aromatic rings. The van der Waals surface area contributed by atoms with Gasteiger partial charge < -0.3 is 14.2 Å². The van der Waals surface area contributed by atoms with E-state index in [-0.39, 0.29) is 24.0 Å². The number of benzene rings is 4. The summed E-state index contributed by atoms with van der Waals surface area (Å²) in [7, 11) is 3.24. The van der Waals surface area contributed by atoms with Crippen LogP contribution in [0.15, 0.2) is 69.6 Å². The van der Waals surface area contributed by atoms with Crippen LogP contribution in [0, 0.1) is 17.6 Å². The fraction of sp³-hybridized carbons (Fsp3) is 0.458. The third-order valence-corrected chi connectivity index (χ3v) is 12.6. The molecule has 0 aliphatic rings. The molecule has 0 aliphatic carbocycles. The molecule has 4 aromatic carbocycles. The third-order valence-electron chi connectivity index (χ3n) is 11.1. The summed E-state index contributed by atoms with van der Waals surface area (Å²) in [6.07, 6.45) is 19.2. The van der Waals surface area contributed by atoms with Gasteiger partial charge in [-0.25, -0.2) is 18.7 Å². The van der Waals surface area contributed by atoms with Gasteiger partial charge in [0.05, 0.1) is 46.8 Å². The zero-order valence-corrected chi connectivity index (χ0v) is 38.5. The minimum atomic E-state index is -0.797. The van der Waals surface area contributed by atoms with Crippen molar-refractivity contribution in [1.82, 2.24) is 25.0 Å². The van der Waals surface area contributed by atoms with Crippen LogP contribution in [0.2, 0.25) is 0 Å². The number of halogens is 4. The van der Waals surface area contributed by atoms with Crippen molar-refractivity contribution in [2.24, 2.45) is 5.92 Å². The van der Waals surface area contributed by atoms with Crippen LogP contribution in [0.5, 0.6) is 17.2 Å². The van der Waals surface area contributed by atoms with E-state index >= 15 is 8.78 Å². The van der Waals surface area contributed by atoms with Crippen molar-refractivity contribution in [3.63, 3.8) is 0 Å². The molecule has 0 saturated carbocycles. The van der Waals surface area contributed by atoms with E-state index < -0.39 is 11.6 Å². The summed E-state index contributed by atoms with van der Waals surface area (Å²) < 4.78 is 49.7. The van der Waals surface area contributed by atoms with Crippen LogP contribution in [0.3, 0.4) is 0 Å². The highest BCUT2D eigenvalue weighted by atomic mass is 79.9. The van der Waals surface area contributed by atoms with Gasteiger partial charge in [0, 0.05) is 23.3 Å². The molecule has 6 rings (SSSR count). The molecule has 320 valence electrons. The number of nitrogens with zero attached hydrogens (tertiary/aromatic N) is 5. The highest BCUT2D eigenvalue weighted by molar-refractivity contribution is 9.11. The van der Waals surface area contributed by atoms with Crippen molar-refractivity contribution >= 4 is 53.9 Å². The maximum absolute atomic E-state index is 15.8. The molecule has 2 aromatic heterocycles. The first-order chi connectivity index (χ1) is 29.3. The van der Waals surface area contributed by atoms with Gasteiger partial charge in [-0.3, -0.25) is 0 Å². The van der Waals surface area contributed by atoms with Gasteiger partial charge in [-0.05, 0) is 74.9 Å². The first-order valence-electron chi connectivity index (χ1n) is 21.6. The Hall–Kier alpha value is -4.16. The number of ether oxygens (including phenoxy) is 3. The minimum absolute atomic E-state index is 0.119. The molecule has 0 spiro atoms. The normalized spacial score (nSPS) is 12.1. The number of methoxy groups -OCH3 is 2. The van der Waals surface area contributed by atoms with Gasteiger partial charge in [0.25, 0.3) is 0 Å². The Kier molecular flexibility index (Phi) is 17.1.